The average Bonchev–Trinajstić information content (AvgIpc) is 2.95. The van der Waals surface area contributed by atoms with Gasteiger partial charge in [0, 0.05) is 24.7 Å². The largest absolute Gasteiger partial charge is 0.382 e. The molecule has 134 valence electrons. The van der Waals surface area contributed by atoms with Crippen LogP contribution in [0.15, 0.2) is 36.5 Å². The normalized spacial score (nSPS) is 10.7. The molecule has 0 aliphatic heterocycles. The molecular weight excluding hydrogens is 351 g/mol. The summed E-state index contributed by atoms with van der Waals surface area (Å²) in [5.74, 6) is 0.0198. The molecule has 26 heavy (non-hydrogen) atoms. The van der Waals surface area contributed by atoms with E-state index in [-0.39, 0.29) is 24.6 Å². The van der Waals surface area contributed by atoms with E-state index in [1.165, 1.54) is 17.4 Å². The second kappa shape index (κ2) is 7.61. The Kier molecular flexibility index (Phi) is 5.27. The van der Waals surface area contributed by atoms with E-state index in [1.54, 1.807) is 30.5 Å². The van der Waals surface area contributed by atoms with Gasteiger partial charge in [-0.1, -0.05) is 12.1 Å². The van der Waals surface area contributed by atoms with Crippen LogP contribution >= 0.6 is 11.3 Å². The van der Waals surface area contributed by atoms with Crippen LogP contribution in [0.3, 0.4) is 0 Å². The Morgan fingerprint density at radius 2 is 2.12 bits per heavy atom. The molecule has 3 aromatic rings. The van der Waals surface area contributed by atoms with Gasteiger partial charge in [-0.15, -0.1) is 11.3 Å². The van der Waals surface area contributed by atoms with E-state index < -0.39 is 0 Å². The molecule has 2 aromatic heterocycles. The van der Waals surface area contributed by atoms with Crippen molar-refractivity contribution in [3.05, 3.63) is 69.1 Å². The van der Waals surface area contributed by atoms with Gasteiger partial charge in [-0.2, -0.15) is 0 Å². The fourth-order valence-corrected chi connectivity index (χ4v) is 3.54. The number of ketones is 1. The van der Waals surface area contributed by atoms with Crippen LogP contribution in [0.2, 0.25) is 0 Å². The van der Waals surface area contributed by atoms with E-state index in [4.69, 9.17) is 5.73 Å². The van der Waals surface area contributed by atoms with E-state index in [9.17, 15) is 9.18 Å². The van der Waals surface area contributed by atoms with Gasteiger partial charge in [-0.25, -0.2) is 14.4 Å². The van der Waals surface area contributed by atoms with Crippen LogP contribution in [0.25, 0.3) is 0 Å². The number of nitrogen functional groups attached to an aromatic ring is 1. The molecule has 3 N–H and O–H groups in total. The number of thiazole rings is 1. The van der Waals surface area contributed by atoms with Gasteiger partial charge in [0.1, 0.15) is 11.6 Å². The summed E-state index contributed by atoms with van der Waals surface area (Å²) in [6.07, 6.45) is 1.81. The lowest BCUT2D eigenvalue weighted by Crippen LogP contribution is -2.07. The van der Waals surface area contributed by atoms with Crippen molar-refractivity contribution in [2.75, 3.05) is 11.1 Å². The van der Waals surface area contributed by atoms with E-state index in [0.29, 0.717) is 21.9 Å². The Bertz CT molecular complexity index is 954. The first-order chi connectivity index (χ1) is 12.4. The second-order valence-corrected chi connectivity index (χ2v) is 7.17. The third-order valence-electron chi connectivity index (χ3n) is 3.94. The summed E-state index contributed by atoms with van der Waals surface area (Å²) in [4.78, 5) is 21.4. The molecule has 2 heterocycles. The highest BCUT2D eigenvalue weighted by molar-refractivity contribution is 7.13. The maximum atomic E-state index is 14.1. The Balaban J connectivity index is 1.74. The molecule has 7 heteroatoms. The zero-order valence-electron chi connectivity index (χ0n) is 14.5. The number of aromatic nitrogens is 2. The van der Waals surface area contributed by atoms with Crippen molar-refractivity contribution in [1.82, 2.24) is 9.97 Å². The fourth-order valence-electron chi connectivity index (χ4n) is 2.69. The average molecular weight is 370 g/mol. The lowest BCUT2D eigenvalue weighted by Gasteiger charge is -2.10. The third kappa shape index (κ3) is 4.05. The van der Waals surface area contributed by atoms with E-state index >= 15 is 0 Å². The minimum absolute atomic E-state index is 0.00452. The lowest BCUT2D eigenvalue weighted by molar-refractivity contribution is 0.0996. The minimum atomic E-state index is -0.332. The van der Waals surface area contributed by atoms with Crippen LogP contribution in [0.1, 0.15) is 31.5 Å². The number of nitrogens with zero attached hydrogens (tertiary/aromatic N) is 2. The molecule has 0 aliphatic rings. The zero-order chi connectivity index (χ0) is 18.7. The molecule has 0 saturated carbocycles. The summed E-state index contributed by atoms with van der Waals surface area (Å²) in [6.45, 7) is 3.96. The van der Waals surface area contributed by atoms with Gasteiger partial charge < -0.3 is 11.1 Å². The van der Waals surface area contributed by atoms with Crippen molar-refractivity contribution >= 4 is 28.6 Å². The standard InChI is InChI=1S/C19H19FN4OS/c1-11-18(26-12(2)24-11)17(25)9-13-5-6-15(20)14(8-13)10-23-16-4-3-7-22-19(16)21/h3-8,23H,9-10H2,1-2H3,(H2,21,22). The number of carbonyl (C=O) groups excluding carboxylic acids is 1. The monoisotopic (exact) mass is 370 g/mol. The number of hydrogen-bond acceptors (Lipinski definition) is 6. The number of nitrogens with two attached hydrogens (primary N) is 1. The first-order valence-corrected chi connectivity index (χ1v) is 8.94. The first kappa shape index (κ1) is 18.0. The van der Waals surface area contributed by atoms with E-state index in [2.05, 4.69) is 15.3 Å². The number of anilines is 2. The third-order valence-corrected chi connectivity index (χ3v) is 5.05. The smallest absolute Gasteiger partial charge is 0.179 e. The van der Waals surface area contributed by atoms with Crippen LogP contribution in [-0.2, 0) is 13.0 Å². The Morgan fingerprint density at radius 3 is 2.81 bits per heavy atom. The summed E-state index contributed by atoms with van der Waals surface area (Å²) < 4.78 is 14.1. The number of carbonyl (C=O) groups is 1. The van der Waals surface area contributed by atoms with Crippen molar-refractivity contribution in [3.63, 3.8) is 0 Å². The van der Waals surface area contributed by atoms with Crippen LogP contribution in [0.4, 0.5) is 15.9 Å². The molecule has 0 fully saturated rings. The summed E-state index contributed by atoms with van der Waals surface area (Å²) in [5, 5.41) is 3.94. The maximum absolute atomic E-state index is 14.1. The van der Waals surface area contributed by atoms with Gasteiger partial charge in [-0.05, 0) is 37.6 Å². The van der Waals surface area contributed by atoms with Crippen molar-refractivity contribution in [1.29, 1.82) is 0 Å². The quantitative estimate of drug-likeness (QED) is 0.643. The number of halogens is 1. The van der Waals surface area contributed by atoms with Crippen LogP contribution in [-0.4, -0.2) is 15.8 Å². The molecule has 0 aliphatic carbocycles. The minimum Gasteiger partial charge on any atom is -0.382 e. The topological polar surface area (TPSA) is 80.9 Å². The lowest BCUT2D eigenvalue weighted by atomic mass is 10.0. The summed E-state index contributed by atoms with van der Waals surface area (Å²) in [7, 11) is 0. The number of Topliss-reactive ketones (excluding diaryl/α,β-unsaturated/α-hetero) is 1. The molecule has 0 unspecified atom stereocenters. The predicted molar refractivity (Wildman–Crippen MR) is 102 cm³/mol. The molecule has 5 nitrogen and oxygen atoms in total. The van der Waals surface area contributed by atoms with Gasteiger partial charge in [0.2, 0.25) is 0 Å². The van der Waals surface area contributed by atoms with Crippen molar-refractivity contribution in [2.24, 2.45) is 0 Å². The highest BCUT2D eigenvalue weighted by atomic mass is 32.1. The van der Waals surface area contributed by atoms with Crippen molar-refractivity contribution in [2.45, 2.75) is 26.8 Å². The fraction of sp³-hybridized carbons (Fsp3) is 0.211. The van der Waals surface area contributed by atoms with Crippen LogP contribution in [0.5, 0.6) is 0 Å². The molecule has 0 spiro atoms. The van der Waals surface area contributed by atoms with E-state index in [0.717, 1.165) is 16.3 Å². The Hall–Kier alpha value is -2.80. The summed E-state index contributed by atoms with van der Waals surface area (Å²) in [6, 6.07) is 8.26. The van der Waals surface area contributed by atoms with Crippen LogP contribution < -0.4 is 11.1 Å². The maximum Gasteiger partial charge on any atom is 0.179 e. The van der Waals surface area contributed by atoms with Gasteiger partial charge in [-0.3, -0.25) is 4.79 Å². The van der Waals surface area contributed by atoms with Crippen molar-refractivity contribution in [3.8, 4) is 0 Å². The highest BCUT2D eigenvalue weighted by Gasteiger charge is 2.15. The number of pyridine rings is 1. The molecular formula is C19H19FN4OS. The van der Waals surface area contributed by atoms with Gasteiger partial charge in [0.15, 0.2) is 5.78 Å². The predicted octanol–water partition coefficient (Wildman–Crippen LogP) is 3.91. The molecule has 0 saturated heterocycles. The summed E-state index contributed by atoms with van der Waals surface area (Å²) in [5.41, 5.74) is 8.40. The van der Waals surface area contributed by atoms with Crippen molar-refractivity contribution < 1.29 is 9.18 Å². The number of rotatable bonds is 6. The van der Waals surface area contributed by atoms with Gasteiger partial charge in [0.25, 0.3) is 0 Å². The molecule has 0 amide bonds. The number of hydrogen-bond donors (Lipinski definition) is 2. The first-order valence-electron chi connectivity index (χ1n) is 8.13. The van der Waals surface area contributed by atoms with E-state index in [1.807, 2.05) is 13.8 Å². The number of aryl methyl sites for hydroxylation is 2. The molecule has 3 rings (SSSR count). The molecule has 0 atom stereocenters. The Labute approximate surface area is 155 Å². The van der Waals surface area contributed by atoms with Gasteiger partial charge in [0.05, 0.1) is 21.3 Å². The van der Waals surface area contributed by atoms with Gasteiger partial charge >= 0.3 is 0 Å². The number of nitrogens with one attached hydrogen (secondary N) is 1. The Morgan fingerprint density at radius 1 is 1.31 bits per heavy atom. The SMILES string of the molecule is Cc1nc(C)c(C(=O)Cc2ccc(F)c(CNc3cccnc3N)c2)s1. The zero-order valence-corrected chi connectivity index (χ0v) is 15.4. The number of benzene rings is 1. The second-order valence-electron chi connectivity index (χ2n) is 5.96. The summed E-state index contributed by atoms with van der Waals surface area (Å²) >= 11 is 1.39. The molecule has 0 radical (unpaired) electrons. The van der Waals surface area contributed by atoms with Crippen LogP contribution in [0, 0.1) is 19.7 Å². The highest BCUT2D eigenvalue weighted by Crippen LogP contribution is 2.21. The molecule has 1 aromatic carbocycles. The molecule has 0 bridgehead atoms.